The second-order valence-electron chi connectivity index (χ2n) is 12.1. The van der Waals surface area contributed by atoms with Crippen LogP contribution in [-0.4, -0.2) is 4.98 Å². The molecule has 8 aromatic rings. The van der Waals surface area contributed by atoms with E-state index in [1.165, 1.54) is 66.8 Å². The van der Waals surface area contributed by atoms with Gasteiger partial charge in [-0.1, -0.05) is 146 Å². The first-order valence-corrected chi connectivity index (χ1v) is 16.3. The summed E-state index contributed by atoms with van der Waals surface area (Å²) >= 11 is 0. The third-order valence-electron chi connectivity index (χ3n) is 8.95. The maximum Gasteiger partial charge on any atom is 0.0346 e. The van der Waals surface area contributed by atoms with Crippen LogP contribution in [0, 0.1) is 0 Å². The second-order valence-corrected chi connectivity index (χ2v) is 12.1. The molecule has 0 aliphatic heterocycles. The van der Waals surface area contributed by atoms with Crippen LogP contribution in [0.3, 0.4) is 0 Å². The molecule has 0 aliphatic rings. The van der Waals surface area contributed by atoms with Gasteiger partial charge in [0, 0.05) is 18.0 Å². The van der Waals surface area contributed by atoms with Gasteiger partial charge in [-0.05, 0) is 115 Å². The molecule has 1 heteroatoms. The first-order valence-electron chi connectivity index (χ1n) is 16.3. The summed E-state index contributed by atoms with van der Waals surface area (Å²) in [4.78, 5) is 4.39. The van der Waals surface area contributed by atoms with Gasteiger partial charge in [-0.2, -0.15) is 0 Å². The fraction of sp³-hybridized carbons (Fsp3) is 0. The molecule has 0 amide bonds. The van der Waals surface area contributed by atoms with E-state index >= 15 is 0 Å². The summed E-state index contributed by atoms with van der Waals surface area (Å²) in [5, 5.41) is 0. The summed E-state index contributed by atoms with van der Waals surface area (Å²) in [6.45, 7) is 0. The average Bonchev–Trinajstić information content (AvgIpc) is 3.19. The molecule has 0 unspecified atom stereocenters. The van der Waals surface area contributed by atoms with Gasteiger partial charge >= 0.3 is 0 Å². The molecule has 8 rings (SSSR count). The van der Waals surface area contributed by atoms with Crippen molar-refractivity contribution in [3.8, 4) is 77.9 Å². The SMILES string of the molecule is c1ccc(-c2ccc(-c3cccc(-c4cccc(-c5cccc(-c6cc(-c7ccccc7)cc(-c7cccnc7)c6)c5)c4)c3)cc2)cc1. The van der Waals surface area contributed by atoms with E-state index in [1.54, 1.807) is 0 Å². The van der Waals surface area contributed by atoms with Crippen molar-refractivity contribution in [1.29, 1.82) is 0 Å². The van der Waals surface area contributed by atoms with Crippen molar-refractivity contribution in [2.75, 3.05) is 0 Å². The average molecular weight is 612 g/mol. The lowest BCUT2D eigenvalue weighted by molar-refractivity contribution is 1.33. The van der Waals surface area contributed by atoms with Crippen molar-refractivity contribution in [2.45, 2.75) is 0 Å². The number of hydrogen-bond donors (Lipinski definition) is 0. The second kappa shape index (κ2) is 13.2. The Labute approximate surface area is 282 Å². The highest BCUT2D eigenvalue weighted by atomic mass is 14.6. The molecule has 0 fully saturated rings. The quantitative estimate of drug-likeness (QED) is 0.175. The minimum Gasteiger partial charge on any atom is -0.264 e. The number of benzene rings is 7. The Balaban J connectivity index is 1.12. The molecule has 0 N–H and O–H groups in total. The summed E-state index contributed by atoms with van der Waals surface area (Å²) in [5.41, 5.74) is 16.7. The van der Waals surface area contributed by atoms with E-state index in [-0.39, 0.29) is 0 Å². The van der Waals surface area contributed by atoms with Crippen molar-refractivity contribution in [3.63, 3.8) is 0 Å². The van der Waals surface area contributed by atoms with Crippen molar-refractivity contribution < 1.29 is 0 Å². The van der Waals surface area contributed by atoms with E-state index in [4.69, 9.17) is 0 Å². The van der Waals surface area contributed by atoms with Crippen LogP contribution < -0.4 is 0 Å². The zero-order valence-corrected chi connectivity index (χ0v) is 26.5. The molecule has 1 nitrogen and oxygen atoms in total. The van der Waals surface area contributed by atoms with Gasteiger partial charge < -0.3 is 0 Å². The van der Waals surface area contributed by atoms with Crippen molar-refractivity contribution in [2.24, 2.45) is 0 Å². The van der Waals surface area contributed by atoms with Crippen LogP contribution in [0.4, 0.5) is 0 Å². The molecule has 1 aromatic heterocycles. The lowest BCUT2D eigenvalue weighted by Crippen LogP contribution is -1.88. The third-order valence-corrected chi connectivity index (χ3v) is 8.95. The molecular weight excluding hydrogens is 579 g/mol. The summed E-state index contributed by atoms with van der Waals surface area (Å²) in [6, 6.07) is 67.5. The van der Waals surface area contributed by atoms with E-state index < -0.39 is 0 Å². The molecule has 0 bridgehead atoms. The Morgan fingerprint density at radius 1 is 0.208 bits per heavy atom. The third kappa shape index (κ3) is 6.23. The highest BCUT2D eigenvalue weighted by Gasteiger charge is 2.10. The predicted octanol–water partition coefficient (Wildman–Crippen LogP) is 12.8. The molecule has 0 saturated heterocycles. The Morgan fingerprint density at radius 3 is 0.958 bits per heavy atom. The Hall–Kier alpha value is -6.31. The van der Waals surface area contributed by atoms with E-state index in [0.717, 1.165) is 11.1 Å². The van der Waals surface area contributed by atoms with Gasteiger partial charge in [0.1, 0.15) is 0 Å². The van der Waals surface area contributed by atoms with Gasteiger partial charge in [0.15, 0.2) is 0 Å². The van der Waals surface area contributed by atoms with E-state index in [1.807, 2.05) is 18.5 Å². The van der Waals surface area contributed by atoms with E-state index in [9.17, 15) is 0 Å². The van der Waals surface area contributed by atoms with Crippen LogP contribution in [0.25, 0.3) is 77.9 Å². The fourth-order valence-electron chi connectivity index (χ4n) is 6.41. The first-order chi connectivity index (χ1) is 23.8. The summed E-state index contributed by atoms with van der Waals surface area (Å²) < 4.78 is 0. The minimum absolute atomic E-state index is 1.11. The van der Waals surface area contributed by atoms with E-state index in [2.05, 4.69) is 187 Å². The number of pyridine rings is 1. The first kappa shape index (κ1) is 29.1. The monoisotopic (exact) mass is 611 g/mol. The zero-order chi connectivity index (χ0) is 32.1. The molecule has 226 valence electrons. The van der Waals surface area contributed by atoms with Crippen LogP contribution in [0.15, 0.2) is 200 Å². The Kier molecular flexibility index (Phi) is 8.01. The smallest absolute Gasteiger partial charge is 0.0346 e. The maximum absolute atomic E-state index is 4.39. The normalized spacial score (nSPS) is 10.9. The van der Waals surface area contributed by atoms with E-state index in [0.29, 0.717) is 0 Å². The number of hydrogen-bond acceptors (Lipinski definition) is 1. The number of aromatic nitrogens is 1. The van der Waals surface area contributed by atoms with Crippen molar-refractivity contribution >= 4 is 0 Å². The summed E-state index contributed by atoms with van der Waals surface area (Å²) in [7, 11) is 0. The van der Waals surface area contributed by atoms with Gasteiger partial charge in [0.2, 0.25) is 0 Å². The van der Waals surface area contributed by atoms with Crippen LogP contribution >= 0.6 is 0 Å². The molecule has 48 heavy (non-hydrogen) atoms. The minimum atomic E-state index is 1.11. The lowest BCUT2D eigenvalue weighted by atomic mass is 9.92. The van der Waals surface area contributed by atoms with Gasteiger partial charge in [-0.3, -0.25) is 4.98 Å². The van der Waals surface area contributed by atoms with Crippen LogP contribution in [-0.2, 0) is 0 Å². The molecule has 0 aliphatic carbocycles. The lowest BCUT2D eigenvalue weighted by Gasteiger charge is -2.13. The predicted molar refractivity (Wildman–Crippen MR) is 202 cm³/mol. The van der Waals surface area contributed by atoms with Crippen molar-refractivity contribution in [1.82, 2.24) is 4.98 Å². The summed E-state index contributed by atoms with van der Waals surface area (Å²) in [6.07, 6.45) is 3.76. The van der Waals surface area contributed by atoms with Gasteiger partial charge in [0.25, 0.3) is 0 Å². The zero-order valence-electron chi connectivity index (χ0n) is 26.5. The molecule has 7 aromatic carbocycles. The van der Waals surface area contributed by atoms with Crippen molar-refractivity contribution in [3.05, 3.63) is 200 Å². The molecule has 0 spiro atoms. The number of rotatable bonds is 7. The van der Waals surface area contributed by atoms with Crippen LogP contribution in [0.5, 0.6) is 0 Å². The summed E-state index contributed by atoms with van der Waals surface area (Å²) in [5.74, 6) is 0. The molecule has 0 saturated carbocycles. The molecule has 1 heterocycles. The highest BCUT2D eigenvalue weighted by molar-refractivity contribution is 5.84. The Bertz CT molecular complexity index is 2250. The largest absolute Gasteiger partial charge is 0.264 e. The standard InChI is InChI=1S/C47H33N/c1-3-11-34(12-4-1)36-22-24-37(25-23-36)38-15-7-16-39(27-38)40-17-8-18-41(28-40)42-19-9-20-43(29-42)46-30-45(35-13-5-2-6-14-35)31-47(32-46)44-21-10-26-48-33-44/h1-33H. The highest BCUT2D eigenvalue weighted by Crippen LogP contribution is 2.36. The fourth-order valence-corrected chi connectivity index (χ4v) is 6.41. The molecule has 0 radical (unpaired) electrons. The van der Waals surface area contributed by atoms with Gasteiger partial charge in [-0.25, -0.2) is 0 Å². The molecular formula is C47H33N. The van der Waals surface area contributed by atoms with Crippen LogP contribution in [0.2, 0.25) is 0 Å². The number of nitrogens with zero attached hydrogens (tertiary/aromatic N) is 1. The topological polar surface area (TPSA) is 12.9 Å². The van der Waals surface area contributed by atoms with Gasteiger partial charge in [0.05, 0.1) is 0 Å². The maximum atomic E-state index is 4.39. The van der Waals surface area contributed by atoms with Crippen LogP contribution in [0.1, 0.15) is 0 Å². The molecule has 0 atom stereocenters. The van der Waals surface area contributed by atoms with Gasteiger partial charge in [-0.15, -0.1) is 0 Å². The Morgan fingerprint density at radius 2 is 0.500 bits per heavy atom.